The van der Waals surface area contributed by atoms with Crippen molar-refractivity contribution in [2.75, 3.05) is 16.8 Å². The molecule has 2 aliphatic heterocycles. The van der Waals surface area contributed by atoms with E-state index in [2.05, 4.69) is 22.0 Å². The third-order valence-corrected chi connectivity index (χ3v) is 9.06. The Morgan fingerprint density at radius 2 is 1.74 bits per heavy atom. The summed E-state index contributed by atoms with van der Waals surface area (Å²) >= 11 is 4.73. The number of carbonyl (C=O) groups is 1. The van der Waals surface area contributed by atoms with Crippen molar-refractivity contribution in [2.45, 2.75) is 18.7 Å². The smallest absolute Gasteiger partial charge is 0.274 e. The Bertz CT molecular complexity index is 1520. The van der Waals surface area contributed by atoms with Crippen LogP contribution in [-0.2, 0) is 4.79 Å². The molecule has 0 bridgehead atoms. The van der Waals surface area contributed by atoms with Gasteiger partial charge in [-0.3, -0.25) is 9.69 Å². The maximum atomic E-state index is 13.8. The maximum Gasteiger partial charge on any atom is 0.274 e. The van der Waals surface area contributed by atoms with E-state index in [-0.39, 0.29) is 5.91 Å². The molecule has 34 heavy (non-hydrogen) atoms. The molecular formula is C26H20N4OS3. The van der Waals surface area contributed by atoms with Crippen LogP contribution in [0.25, 0.3) is 10.2 Å². The molecule has 1 saturated heterocycles. The first-order chi connectivity index (χ1) is 16.5. The molecule has 3 aromatic carbocycles. The molecule has 3 heterocycles. The van der Waals surface area contributed by atoms with Gasteiger partial charge in [0.25, 0.3) is 5.91 Å². The summed E-state index contributed by atoms with van der Waals surface area (Å²) in [5.74, 6) is -0.0552. The predicted octanol–water partition coefficient (Wildman–Crippen LogP) is 7.09. The Balaban J connectivity index is 1.46. The Kier molecular flexibility index (Phi) is 5.24. The van der Waals surface area contributed by atoms with Crippen molar-refractivity contribution in [3.8, 4) is 0 Å². The van der Waals surface area contributed by atoms with Gasteiger partial charge in [0.05, 0.1) is 37.3 Å². The van der Waals surface area contributed by atoms with Crippen molar-refractivity contribution in [3.63, 3.8) is 0 Å². The van der Waals surface area contributed by atoms with Crippen molar-refractivity contribution in [1.29, 1.82) is 0 Å². The summed E-state index contributed by atoms with van der Waals surface area (Å²) in [4.78, 5) is 29.0. The number of amidine groups is 1. The third kappa shape index (κ3) is 3.62. The quantitative estimate of drug-likeness (QED) is 0.275. The highest BCUT2D eigenvalue weighted by Gasteiger charge is 2.40. The van der Waals surface area contributed by atoms with Crippen molar-refractivity contribution < 1.29 is 4.79 Å². The number of amides is 1. The zero-order valence-electron chi connectivity index (χ0n) is 18.8. The third-order valence-electron chi connectivity index (χ3n) is 5.71. The number of carbonyl (C=O) groups excluding carboxylic acids is 1. The fourth-order valence-electron chi connectivity index (χ4n) is 4.01. The number of hydrogen-bond acceptors (Lipinski definition) is 7. The van der Waals surface area contributed by atoms with Gasteiger partial charge < -0.3 is 4.90 Å². The molecule has 0 unspecified atom stereocenters. The van der Waals surface area contributed by atoms with E-state index in [9.17, 15) is 4.79 Å². The van der Waals surface area contributed by atoms with Gasteiger partial charge in [0, 0.05) is 11.9 Å². The van der Waals surface area contributed by atoms with E-state index in [1.54, 1.807) is 28.0 Å². The number of rotatable bonds is 2. The first kappa shape index (κ1) is 21.5. The lowest BCUT2D eigenvalue weighted by Crippen LogP contribution is -2.29. The van der Waals surface area contributed by atoms with Crippen LogP contribution in [-0.4, -0.2) is 23.1 Å². The lowest BCUT2D eigenvalue weighted by atomic mass is 10.2. The normalized spacial score (nSPS) is 19.0. The summed E-state index contributed by atoms with van der Waals surface area (Å²) < 4.78 is 1.14. The van der Waals surface area contributed by atoms with Crippen LogP contribution >= 0.6 is 34.9 Å². The highest BCUT2D eigenvalue weighted by atomic mass is 32.2. The fraction of sp³-hybridized carbons (Fsp3) is 0.115. The second-order valence-corrected chi connectivity index (χ2v) is 11.4. The summed E-state index contributed by atoms with van der Waals surface area (Å²) in [6, 6.07) is 22.2. The first-order valence-corrected chi connectivity index (χ1v) is 13.2. The van der Waals surface area contributed by atoms with Crippen LogP contribution in [0, 0.1) is 13.8 Å². The van der Waals surface area contributed by atoms with E-state index < -0.39 is 0 Å². The van der Waals surface area contributed by atoms with Gasteiger partial charge in [-0.25, -0.2) is 9.98 Å². The average Bonchev–Trinajstić information content (AvgIpc) is 3.47. The Labute approximate surface area is 210 Å². The SMILES string of the molecule is Cc1ccc(N2C(=O)C(=C3Sc4ccccc4N3C)SC2=Nc2ccc3sc(C)nc3c2)cc1. The predicted molar refractivity (Wildman–Crippen MR) is 145 cm³/mol. The Hall–Kier alpha value is -3.07. The van der Waals surface area contributed by atoms with Gasteiger partial charge >= 0.3 is 0 Å². The number of aromatic nitrogens is 1. The highest BCUT2D eigenvalue weighted by Crippen LogP contribution is 2.50. The van der Waals surface area contributed by atoms with Crippen molar-refractivity contribution >= 4 is 73.2 Å². The van der Waals surface area contributed by atoms with E-state index in [4.69, 9.17) is 4.99 Å². The van der Waals surface area contributed by atoms with E-state index in [0.717, 1.165) is 47.8 Å². The van der Waals surface area contributed by atoms with E-state index in [1.165, 1.54) is 11.8 Å². The molecule has 2 aliphatic rings. The Morgan fingerprint density at radius 3 is 2.53 bits per heavy atom. The molecule has 0 atom stereocenters. The number of benzene rings is 3. The summed E-state index contributed by atoms with van der Waals surface area (Å²) in [5, 5.41) is 2.61. The molecule has 0 spiro atoms. The topological polar surface area (TPSA) is 48.8 Å². The minimum Gasteiger partial charge on any atom is -0.337 e. The minimum atomic E-state index is -0.0552. The molecule has 0 saturated carbocycles. The minimum absolute atomic E-state index is 0.0552. The van der Waals surface area contributed by atoms with Crippen LogP contribution in [0.5, 0.6) is 0 Å². The maximum absolute atomic E-state index is 13.8. The summed E-state index contributed by atoms with van der Waals surface area (Å²) in [6.45, 7) is 4.05. The summed E-state index contributed by atoms with van der Waals surface area (Å²) in [6.07, 6.45) is 0. The molecule has 1 amide bonds. The van der Waals surface area contributed by atoms with Gasteiger partial charge in [-0.15, -0.1) is 11.3 Å². The van der Waals surface area contributed by atoms with Crippen LogP contribution in [0.3, 0.4) is 0 Å². The van der Waals surface area contributed by atoms with Gasteiger partial charge in [0.1, 0.15) is 4.91 Å². The van der Waals surface area contributed by atoms with Crippen molar-refractivity contribution in [1.82, 2.24) is 4.98 Å². The number of hydrogen-bond donors (Lipinski definition) is 0. The zero-order chi connectivity index (χ0) is 23.4. The van der Waals surface area contributed by atoms with E-state index in [0.29, 0.717) is 10.1 Å². The number of anilines is 2. The number of fused-ring (bicyclic) bond motifs is 2. The first-order valence-electron chi connectivity index (χ1n) is 10.8. The van der Waals surface area contributed by atoms with E-state index in [1.807, 2.05) is 75.5 Å². The molecule has 5 nitrogen and oxygen atoms in total. The van der Waals surface area contributed by atoms with Crippen LogP contribution in [0.2, 0.25) is 0 Å². The second kappa shape index (κ2) is 8.30. The van der Waals surface area contributed by atoms with Crippen LogP contribution in [0.4, 0.5) is 17.1 Å². The molecule has 0 N–H and O–H groups in total. The molecular weight excluding hydrogens is 481 g/mol. The summed E-state index contributed by atoms with van der Waals surface area (Å²) in [5.41, 5.74) is 4.78. The molecule has 1 aromatic heterocycles. The number of nitrogens with zero attached hydrogens (tertiary/aromatic N) is 4. The number of aliphatic imine (C=N–C) groups is 1. The molecule has 4 aromatic rings. The zero-order valence-corrected chi connectivity index (χ0v) is 21.2. The summed E-state index contributed by atoms with van der Waals surface area (Å²) in [7, 11) is 2.01. The second-order valence-electron chi connectivity index (χ2n) is 8.12. The van der Waals surface area contributed by atoms with E-state index >= 15 is 0 Å². The number of thiazole rings is 1. The standard InChI is InChI=1S/C26H20N4OS3/c1-15-8-11-18(12-9-15)30-24(31)23(25-29(3)20-6-4-5-7-22(20)33-25)34-26(30)28-17-10-13-21-19(14-17)27-16(2)32-21/h4-14H,1-3H3. The van der Waals surface area contributed by atoms with Crippen molar-refractivity contribution in [3.05, 3.63) is 87.2 Å². The average molecular weight is 501 g/mol. The van der Waals surface area contributed by atoms with Crippen LogP contribution in [0.15, 0.2) is 86.6 Å². The van der Waals surface area contributed by atoms with Gasteiger partial charge in [0.2, 0.25) is 0 Å². The number of thioether (sulfide) groups is 2. The van der Waals surface area contributed by atoms with Gasteiger partial charge in [-0.1, -0.05) is 41.6 Å². The molecule has 168 valence electrons. The van der Waals surface area contributed by atoms with Crippen LogP contribution < -0.4 is 9.80 Å². The van der Waals surface area contributed by atoms with Gasteiger partial charge in [-0.2, -0.15) is 0 Å². The molecule has 1 fully saturated rings. The van der Waals surface area contributed by atoms with Gasteiger partial charge in [-0.05, 0) is 68.1 Å². The molecule has 0 radical (unpaired) electrons. The molecule has 8 heteroatoms. The van der Waals surface area contributed by atoms with Crippen LogP contribution in [0.1, 0.15) is 10.6 Å². The largest absolute Gasteiger partial charge is 0.337 e. The van der Waals surface area contributed by atoms with Gasteiger partial charge in [0.15, 0.2) is 5.17 Å². The highest BCUT2D eigenvalue weighted by molar-refractivity contribution is 8.20. The monoisotopic (exact) mass is 500 g/mol. The number of para-hydroxylation sites is 1. The molecule has 6 rings (SSSR count). The fourth-order valence-corrected chi connectivity index (χ4v) is 7.16. The number of aryl methyl sites for hydroxylation is 2. The van der Waals surface area contributed by atoms with Crippen molar-refractivity contribution in [2.24, 2.45) is 4.99 Å². The molecule has 0 aliphatic carbocycles. The lowest BCUT2D eigenvalue weighted by Gasteiger charge is -2.17. The Morgan fingerprint density at radius 1 is 0.941 bits per heavy atom. The lowest BCUT2D eigenvalue weighted by molar-refractivity contribution is -0.113.